The van der Waals surface area contributed by atoms with Crippen molar-refractivity contribution in [2.75, 3.05) is 10.0 Å². The third kappa shape index (κ3) is 3.90. The molecule has 6 nitrogen and oxygen atoms in total. The van der Waals surface area contributed by atoms with Crippen LogP contribution in [0.4, 0.5) is 21.6 Å². The van der Waals surface area contributed by atoms with Crippen molar-refractivity contribution < 1.29 is 13.7 Å². The van der Waals surface area contributed by atoms with Crippen LogP contribution in [-0.2, 0) is 9.71 Å². The highest BCUT2D eigenvalue weighted by atomic mass is 32.2. The zero-order chi connectivity index (χ0) is 21.3. The van der Waals surface area contributed by atoms with Crippen LogP contribution < -0.4 is 10.0 Å². The van der Waals surface area contributed by atoms with E-state index in [9.17, 15) is 13.7 Å². The monoisotopic (exact) mass is 422 g/mol. The van der Waals surface area contributed by atoms with Crippen molar-refractivity contribution in [3.8, 4) is 5.75 Å². The Bertz CT molecular complexity index is 1340. The lowest BCUT2D eigenvalue weighted by atomic mass is 10.1. The van der Waals surface area contributed by atoms with Gasteiger partial charge in [-0.25, -0.2) is 18.6 Å². The number of anilines is 3. The number of hydrogen-bond acceptors (Lipinski definition) is 5. The third-order valence-electron chi connectivity index (χ3n) is 4.58. The van der Waals surface area contributed by atoms with Crippen LogP contribution in [0.15, 0.2) is 71.9 Å². The molecular formula is C22H19FN4O2S. The fourth-order valence-corrected chi connectivity index (χ4v) is 4.22. The quantitative estimate of drug-likeness (QED) is 0.408. The smallest absolute Gasteiger partial charge is 0.147 e. The molecule has 0 saturated carbocycles. The van der Waals surface area contributed by atoms with E-state index in [0.29, 0.717) is 32.9 Å². The van der Waals surface area contributed by atoms with Gasteiger partial charge in [-0.3, -0.25) is 0 Å². The largest absolute Gasteiger partial charge is 0.508 e. The van der Waals surface area contributed by atoms with Gasteiger partial charge in [-0.15, -0.1) is 0 Å². The van der Waals surface area contributed by atoms with E-state index >= 15 is 0 Å². The van der Waals surface area contributed by atoms with E-state index in [4.69, 9.17) is 0 Å². The summed E-state index contributed by atoms with van der Waals surface area (Å²) < 4.78 is 30.3. The van der Waals surface area contributed by atoms with Gasteiger partial charge in [0.1, 0.15) is 23.7 Å². The lowest BCUT2D eigenvalue weighted by molar-refractivity contribution is 0.469. The molecule has 0 aliphatic carbocycles. The lowest BCUT2D eigenvalue weighted by Crippen LogP contribution is -2.12. The highest BCUT2D eigenvalue weighted by Gasteiger charge is 2.12. The number of benzene rings is 3. The molecule has 3 N–H and O–H groups in total. The molecule has 1 heterocycles. The third-order valence-corrected chi connectivity index (χ3v) is 6.18. The molecule has 1 unspecified atom stereocenters. The van der Waals surface area contributed by atoms with E-state index in [0.717, 1.165) is 0 Å². The minimum atomic E-state index is -2.78. The Balaban J connectivity index is 1.72. The molecule has 30 heavy (non-hydrogen) atoms. The summed E-state index contributed by atoms with van der Waals surface area (Å²) in [4.78, 5) is 9.00. The zero-order valence-corrected chi connectivity index (χ0v) is 16.9. The van der Waals surface area contributed by atoms with Crippen LogP contribution in [0.2, 0.25) is 0 Å². The van der Waals surface area contributed by atoms with E-state index in [1.54, 1.807) is 49.4 Å². The maximum atomic E-state index is 14.3. The van der Waals surface area contributed by atoms with Crippen LogP contribution in [-0.4, -0.2) is 25.2 Å². The Morgan fingerprint density at radius 3 is 2.60 bits per heavy atom. The van der Waals surface area contributed by atoms with Crippen LogP contribution in [0.3, 0.4) is 0 Å². The van der Waals surface area contributed by atoms with Gasteiger partial charge in [0, 0.05) is 22.0 Å². The summed E-state index contributed by atoms with van der Waals surface area (Å²) in [6.45, 7) is 1.61. The number of phenols is 1. The second kappa shape index (κ2) is 7.64. The fourth-order valence-electron chi connectivity index (χ4n) is 2.99. The van der Waals surface area contributed by atoms with Gasteiger partial charge in [0.05, 0.1) is 20.9 Å². The summed E-state index contributed by atoms with van der Waals surface area (Å²) >= 11 is 0. The van der Waals surface area contributed by atoms with Crippen molar-refractivity contribution in [2.45, 2.75) is 11.8 Å². The van der Waals surface area contributed by atoms with Gasteiger partial charge in [-0.2, -0.15) is 0 Å². The molecule has 0 saturated heterocycles. The lowest BCUT2D eigenvalue weighted by Gasteiger charge is -2.15. The van der Waals surface area contributed by atoms with E-state index < -0.39 is 15.5 Å². The van der Waals surface area contributed by atoms with Gasteiger partial charge >= 0.3 is 0 Å². The number of phenolic OH excluding ortho intramolecular Hbond substituents is 1. The second-order valence-corrected chi connectivity index (χ2v) is 8.81. The first kappa shape index (κ1) is 19.7. The number of fused-ring (bicyclic) bond motifs is 1. The van der Waals surface area contributed by atoms with Gasteiger partial charge in [0.15, 0.2) is 0 Å². The van der Waals surface area contributed by atoms with E-state index in [1.165, 1.54) is 18.5 Å². The summed E-state index contributed by atoms with van der Waals surface area (Å²) in [6, 6.07) is 16.7. The van der Waals surface area contributed by atoms with Crippen molar-refractivity contribution >= 4 is 43.7 Å². The first-order chi connectivity index (χ1) is 14.3. The molecule has 0 spiro atoms. The molecule has 0 radical (unpaired) electrons. The molecule has 4 aromatic rings. The minimum absolute atomic E-state index is 0.0284. The number of aromatic nitrogens is 2. The molecule has 1 aromatic heterocycles. The van der Waals surface area contributed by atoms with Crippen LogP contribution in [0.5, 0.6) is 5.75 Å². The Labute approximate surface area is 173 Å². The minimum Gasteiger partial charge on any atom is -0.508 e. The first-order valence-electron chi connectivity index (χ1n) is 9.04. The number of aryl methyl sites for hydroxylation is 1. The summed E-state index contributed by atoms with van der Waals surface area (Å²) in [5.41, 5.74) is 1.69. The molecule has 152 valence electrons. The first-order valence-corrected chi connectivity index (χ1v) is 10.8. The Hall–Kier alpha value is -3.65. The molecule has 0 aliphatic rings. The topological polar surface area (TPSA) is 87.1 Å². The number of rotatable bonds is 5. The maximum Gasteiger partial charge on any atom is 0.147 e. The molecule has 3 aromatic carbocycles. The summed E-state index contributed by atoms with van der Waals surface area (Å²) in [6.07, 6.45) is 1.36. The van der Waals surface area contributed by atoms with E-state index in [1.807, 2.05) is 6.07 Å². The van der Waals surface area contributed by atoms with E-state index in [-0.39, 0.29) is 11.4 Å². The van der Waals surface area contributed by atoms with Gasteiger partial charge < -0.3 is 15.1 Å². The zero-order valence-electron chi connectivity index (χ0n) is 16.1. The predicted molar refractivity (Wildman–Crippen MR) is 119 cm³/mol. The molecule has 0 fully saturated rings. The van der Waals surface area contributed by atoms with Gasteiger partial charge in [-0.05, 0) is 54.8 Å². The summed E-state index contributed by atoms with van der Waals surface area (Å²) in [7, 11) is -2.78. The van der Waals surface area contributed by atoms with Crippen LogP contribution in [0, 0.1) is 12.7 Å². The fraction of sp³-hybridized carbons (Fsp3) is 0.0455. The molecule has 8 heteroatoms. The molecular weight excluding hydrogens is 403 g/mol. The highest BCUT2D eigenvalue weighted by molar-refractivity contribution is 8.01. The number of hydrogen-bond donors (Lipinski definition) is 3. The molecule has 4 rings (SSSR count). The number of nitrogens with one attached hydrogen (secondary N) is 2. The Kier molecular flexibility index (Phi) is 5.01. The molecule has 0 bridgehead atoms. The van der Waals surface area contributed by atoms with Gasteiger partial charge in [0.25, 0.3) is 0 Å². The average Bonchev–Trinajstić information content (AvgIpc) is 2.73. The standard InChI is InChI=1S/C22H19FN4O2S/c1-14-10-18(23)20(12-21(14)28)26-22-17-11-15(8-9-19(17)24-13-25-22)27-30(2,29)16-6-4-3-5-7-16/h3-13,28H,2H2,1H3,(H,27,29)(H,24,25,26). The SMILES string of the molecule is C=S(=O)(Nc1ccc2ncnc(Nc3cc(O)c(C)cc3F)c2c1)c1ccccc1. The molecule has 0 amide bonds. The van der Waals surface area contributed by atoms with Crippen LogP contribution in [0.25, 0.3) is 10.9 Å². The van der Waals surface area contributed by atoms with Gasteiger partial charge in [0.2, 0.25) is 0 Å². The van der Waals surface area contributed by atoms with Crippen molar-refractivity contribution in [2.24, 2.45) is 0 Å². The summed E-state index contributed by atoms with van der Waals surface area (Å²) in [5, 5.41) is 13.4. The van der Waals surface area contributed by atoms with Crippen molar-refractivity contribution in [1.29, 1.82) is 0 Å². The highest BCUT2D eigenvalue weighted by Crippen LogP contribution is 2.30. The van der Waals surface area contributed by atoms with Gasteiger partial charge in [-0.1, -0.05) is 18.2 Å². The second-order valence-electron chi connectivity index (χ2n) is 6.79. The number of halogens is 1. The number of nitrogens with zero attached hydrogens (tertiary/aromatic N) is 2. The summed E-state index contributed by atoms with van der Waals surface area (Å²) in [5.74, 6) is 3.63. The number of aromatic hydroxyl groups is 1. The van der Waals surface area contributed by atoms with E-state index in [2.05, 4.69) is 25.9 Å². The average molecular weight is 422 g/mol. The predicted octanol–water partition coefficient (Wildman–Crippen LogP) is 4.63. The maximum absolute atomic E-state index is 14.3. The van der Waals surface area contributed by atoms with Crippen molar-refractivity contribution in [3.63, 3.8) is 0 Å². The molecule has 0 aliphatic heterocycles. The van der Waals surface area contributed by atoms with Crippen molar-refractivity contribution in [3.05, 3.63) is 78.4 Å². The Morgan fingerprint density at radius 2 is 1.83 bits per heavy atom. The Morgan fingerprint density at radius 1 is 1.07 bits per heavy atom. The molecule has 1 atom stereocenters. The van der Waals surface area contributed by atoms with Crippen LogP contribution in [0.1, 0.15) is 5.56 Å². The van der Waals surface area contributed by atoms with Crippen LogP contribution >= 0.6 is 0 Å². The normalized spacial score (nSPS) is 13.0. The van der Waals surface area contributed by atoms with Crippen molar-refractivity contribution in [1.82, 2.24) is 9.97 Å².